The molecule has 1 aliphatic carbocycles. The molecule has 1 N–H and O–H groups in total. The van der Waals surface area contributed by atoms with Crippen LogP contribution in [0.4, 0.5) is 4.39 Å². The topological polar surface area (TPSA) is 20.2 Å². The van der Waals surface area contributed by atoms with Crippen LogP contribution >= 0.6 is 11.6 Å². The van der Waals surface area contributed by atoms with Crippen LogP contribution in [0.25, 0.3) is 0 Å². The molecule has 0 spiro atoms. The molecular formula is C17H16ClFO. The summed E-state index contributed by atoms with van der Waals surface area (Å²) in [5.41, 5.74) is 3.42. The monoisotopic (exact) mass is 290 g/mol. The molecule has 0 saturated heterocycles. The second-order valence-electron chi connectivity index (χ2n) is 5.46. The van der Waals surface area contributed by atoms with E-state index in [0.29, 0.717) is 6.42 Å². The normalized spacial score (nSPS) is 16.1. The average Bonchev–Trinajstić information content (AvgIpc) is 2.87. The Morgan fingerprint density at radius 3 is 2.40 bits per heavy atom. The van der Waals surface area contributed by atoms with Crippen LogP contribution in [0.2, 0.25) is 5.02 Å². The maximum absolute atomic E-state index is 13.4. The average molecular weight is 291 g/mol. The Morgan fingerprint density at radius 2 is 1.80 bits per heavy atom. The molecule has 0 radical (unpaired) electrons. The molecule has 1 aliphatic rings. The minimum absolute atomic E-state index is 0.122. The molecule has 0 amide bonds. The van der Waals surface area contributed by atoms with Gasteiger partial charge in [-0.25, -0.2) is 4.39 Å². The van der Waals surface area contributed by atoms with E-state index in [2.05, 4.69) is 12.1 Å². The lowest BCUT2D eigenvalue weighted by Gasteiger charge is -2.17. The molecule has 0 aliphatic heterocycles. The van der Waals surface area contributed by atoms with Gasteiger partial charge in [-0.15, -0.1) is 0 Å². The highest BCUT2D eigenvalue weighted by Gasteiger charge is 2.27. The molecule has 1 atom stereocenters. The minimum Gasteiger partial charge on any atom is -0.392 e. The number of aliphatic hydroxyl groups is 1. The van der Waals surface area contributed by atoms with E-state index in [9.17, 15) is 9.50 Å². The third-order valence-corrected chi connectivity index (χ3v) is 4.36. The molecule has 3 rings (SSSR count). The standard InChI is InChI=1S/C17H16ClFO/c18-15-6-5-11(7-16(15)19)8-17(20)14-9-12-3-1-2-4-13(12)10-14/h1-7,14,17,20H,8-10H2. The predicted octanol–water partition coefficient (Wildman–Crippen LogP) is 3.80. The lowest BCUT2D eigenvalue weighted by molar-refractivity contribution is 0.112. The molecule has 0 fully saturated rings. The highest BCUT2D eigenvalue weighted by Crippen LogP contribution is 2.30. The van der Waals surface area contributed by atoms with Crippen molar-refractivity contribution in [2.24, 2.45) is 5.92 Å². The summed E-state index contributed by atoms with van der Waals surface area (Å²) in [5, 5.41) is 10.5. The van der Waals surface area contributed by atoms with Crippen LogP contribution in [0.15, 0.2) is 42.5 Å². The number of halogens is 2. The van der Waals surface area contributed by atoms with Crippen LogP contribution in [0, 0.1) is 11.7 Å². The van der Waals surface area contributed by atoms with Crippen molar-refractivity contribution in [2.45, 2.75) is 25.4 Å². The summed E-state index contributed by atoms with van der Waals surface area (Å²) in [6.45, 7) is 0. The molecule has 20 heavy (non-hydrogen) atoms. The SMILES string of the molecule is OC(Cc1ccc(Cl)c(F)c1)C1Cc2ccccc2C1. The summed E-state index contributed by atoms with van der Waals surface area (Å²) in [5.74, 6) is -0.211. The Hall–Kier alpha value is -1.38. The third kappa shape index (κ3) is 2.72. The number of rotatable bonds is 3. The number of hydrogen-bond donors (Lipinski definition) is 1. The highest BCUT2D eigenvalue weighted by atomic mass is 35.5. The fourth-order valence-electron chi connectivity index (χ4n) is 2.94. The van der Waals surface area contributed by atoms with Gasteiger partial charge in [0.05, 0.1) is 11.1 Å². The zero-order valence-corrected chi connectivity index (χ0v) is 11.8. The lowest BCUT2D eigenvalue weighted by atomic mass is 9.93. The second-order valence-corrected chi connectivity index (χ2v) is 5.86. The van der Waals surface area contributed by atoms with E-state index >= 15 is 0 Å². The van der Waals surface area contributed by atoms with E-state index < -0.39 is 11.9 Å². The van der Waals surface area contributed by atoms with Crippen molar-refractivity contribution in [3.05, 3.63) is 70.0 Å². The summed E-state index contributed by atoms with van der Waals surface area (Å²) < 4.78 is 13.4. The Labute approximate surface area is 123 Å². The van der Waals surface area contributed by atoms with Gasteiger partial charge < -0.3 is 5.11 Å². The van der Waals surface area contributed by atoms with Crippen LogP contribution in [0.3, 0.4) is 0 Å². The van der Waals surface area contributed by atoms with Crippen molar-refractivity contribution in [1.82, 2.24) is 0 Å². The highest BCUT2D eigenvalue weighted by molar-refractivity contribution is 6.30. The fourth-order valence-corrected chi connectivity index (χ4v) is 3.06. The molecule has 2 aromatic carbocycles. The lowest BCUT2D eigenvalue weighted by Crippen LogP contribution is -2.23. The molecule has 0 heterocycles. The zero-order valence-electron chi connectivity index (χ0n) is 11.0. The summed E-state index contributed by atoms with van der Waals surface area (Å²) >= 11 is 5.67. The van der Waals surface area contributed by atoms with Crippen molar-refractivity contribution < 1.29 is 9.50 Å². The summed E-state index contributed by atoms with van der Waals surface area (Å²) in [4.78, 5) is 0. The van der Waals surface area contributed by atoms with Crippen LogP contribution in [0.5, 0.6) is 0 Å². The van der Waals surface area contributed by atoms with Gasteiger partial charge in [0.1, 0.15) is 5.82 Å². The van der Waals surface area contributed by atoms with Crippen molar-refractivity contribution in [1.29, 1.82) is 0 Å². The van der Waals surface area contributed by atoms with Crippen molar-refractivity contribution in [3.63, 3.8) is 0 Å². The smallest absolute Gasteiger partial charge is 0.142 e. The number of benzene rings is 2. The molecule has 0 saturated carbocycles. The van der Waals surface area contributed by atoms with E-state index in [0.717, 1.165) is 18.4 Å². The van der Waals surface area contributed by atoms with Gasteiger partial charge in [-0.1, -0.05) is 41.9 Å². The summed E-state index contributed by atoms with van der Waals surface area (Å²) in [7, 11) is 0. The first-order valence-corrected chi connectivity index (χ1v) is 7.20. The van der Waals surface area contributed by atoms with Crippen molar-refractivity contribution in [2.75, 3.05) is 0 Å². The minimum atomic E-state index is -0.456. The molecule has 104 valence electrons. The maximum Gasteiger partial charge on any atom is 0.142 e. The Morgan fingerprint density at radius 1 is 1.15 bits per heavy atom. The van der Waals surface area contributed by atoms with Gasteiger partial charge in [0.25, 0.3) is 0 Å². The van der Waals surface area contributed by atoms with Gasteiger partial charge in [-0.3, -0.25) is 0 Å². The molecular weight excluding hydrogens is 275 g/mol. The van der Waals surface area contributed by atoms with Gasteiger partial charge in [-0.05, 0) is 54.0 Å². The van der Waals surface area contributed by atoms with Gasteiger partial charge in [0.15, 0.2) is 0 Å². The second kappa shape index (κ2) is 5.55. The van der Waals surface area contributed by atoms with E-state index in [4.69, 9.17) is 11.6 Å². The molecule has 1 nitrogen and oxygen atoms in total. The number of aliphatic hydroxyl groups excluding tert-OH is 1. The Kier molecular flexibility index (Phi) is 3.77. The van der Waals surface area contributed by atoms with Gasteiger partial charge in [-0.2, -0.15) is 0 Å². The first kappa shape index (κ1) is 13.6. The predicted molar refractivity (Wildman–Crippen MR) is 78.5 cm³/mol. The molecule has 2 aromatic rings. The van der Waals surface area contributed by atoms with Crippen LogP contribution in [0.1, 0.15) is 16.7 Å². The first-order valence-electron chi connectivity index (χ1n) is 6.82. The fraction of sp³-hybridized carbons (Fsp3) is 0.294. The van der Waals surface area contributed by atoms with E-state index in [1.165, 1.54) is 17.2 Å². The zero-order chi connectivity index (χ0) is 14.1. The van der Waals surface area contributed by atoms with Crippen LogP contribution < -0.4 is 0 Å². The summed E-state index contributed by atoms with van der Waals surface area (Å²) in [6, 6.07) is 13.0. The van der Waals surface area contributed by atoms with Gasteiger partial charge >= 0.3 is 0 Å². The molecule has 0 aromatic heterocycles. The summed E-state index contributed by atoms with van der Waals surface area (Å²) in [6.07, 6.45) is 1.80. The Balaban J connectivity index is 1.69. The van der Waals surface area contributed by atoms with Crippen molar-refractivity contribution in [3.8, 4) is 0 Å². The number of hydrogen-bond acceptors (Lipinski definition) is 1. The quantitative estimate of drug-likeness (QED) is 0.912. The van der Waals surface area contributed by atoms with E-state index in [-0.39, 0.29) is 10.9 Å². The molecule has 1 unspecified atom stereocenters. The van der Waals surface area contributed by atoms with E-state index in [1.54, 1.807) is 12.1 Å². The van der Waals surface area contributed by atoms with Crippen LogP contribution in [-0.4, -0.2) is 11.2 Å². The van der Waals surface area contributed by atoms with Gasteiger partial charge in [0, 0.05) is 0 Å². The van der Waals surface area contributed by atoms with Crippen LogP contribution in [-0.2, 0) is 19.3 Å². The molecule has 0 bridgehead atoms. The largest absolute Gasteiger partial charge is 0.392 e. The first-order chi connectivity index (χ1) is 9.63. The third-order valence-electron chi connectivity index (χ3n) is 4.06. The van der Waals surface area contributed by atoms with Gasteiger partial charge in [0.2, 0.25) is 0 Å². The van der Waals surface area contributed by atoms with Crippen molar-refractivity contribution >= 4 is 11.6 Å². The Bertz CT molecular complexity index is 601. The number of fused-ring (bicyclic) bond motifs is 1. The maximum atomic E-state index is 13.4. The molecule has 3 heteroatoms. The van der Waals surface area contributed by atoms with E-state index in [1.807, 2.05) is 12.1 Å².